The summed E-state index contributed by atoms with van der Waals surface area (Å²) in [4.78, 5) is 9.14. The van der Waals surface area contributed by atoms with Crippen molar-refractivity contribution < 1.29 is 13.2 Å². The van der Waals surface area contributed by atoms with Gasteiger partial charge in [0.15, 0.2) is 5.82 Å². The molecule has 0 spiro atoms. The molecule has 0 radical (unpaired) electrons. The van der Waals surface area contributed by atoms with Crippen molar-refractivity contribution in [2.45, 2.75) is 53.2 Å². The lowest BCUT2D eigenvalue weighted by Crippen LogP contribution is -2.37. The molecular weight excluding hydrogens is 378 g/mol. The van der Waals surface area contributed by atoms with Crippen molar-refractivity contribution in [3.8, 4) is 0 Å². The molecule has 1 aliphatic heterocycles. The molecule has 1 aliphatic rings. The molecule has 0 aliphatic carbocycles. The summed E-state index contributed by atoms with van der Waals surface area (Å²) < 4.78 is 32.8. The van der Waals surface area contributed by atoms with Gasteiger partial charge >= 0.3 is 0 Å². The van der Waals surface area contributed by atoms with Gasteiger partial charge in [-0.3, -0.25) is 0 Å². The van der Waals surface area contributed by atoms with Gasteiger partial charge in [0.1, 0.15) is 17.9 Å². The zero-order chi connectivity index (χ0) is 20.5. The van der Waals surface area contributed by atoms with Crippen molar-refractivity contribution in [1.82, 2.24) is 18.8 Å². The number of fused-ring (bicyclic) bond motifs is 1. The molecule has 0 amide bonds. The Hall–Kier alpha value is -1.71. The van der Waals surface area contributed by atoms with E-state index in [1.54, 1.807) is 4.31 Å². The zero-order valence-electron chi connectivity index (χ0n) is 17.2. The average Bonchev–Trinajstić information content (AvgIpc) is 3.01. The summed E-state index contributed by atoms with van der Waals surface area (Å²) in [5.74, 6) is 1.82. The van der Waals surface area contributed by atoms with E-state index in [2.05, 4.69) is 16.5 Å². The van der Waals surface area contributed by atoms with Gasteiger partial charge in [0.2, 0.25) is 10.0 Å². The molecule has 2 aromatic rings. The number of nitrogen functional groups attached to an aromatic ring is 1. The third-order valence-corrected chi connectivity index (χ3v) is 7.02. The minimum absolute atomic E-state index is 0.440. The first-order valence-corrected chi connectivity index (χ1v) is 11.7. The summed E-state index contributed by atoms with van der Waals surface area (Å²) in [7, 11) is -3.09. The van der Waals surface area contributed by atoms with Crippen LogP contribution >= 0.6 is 0 Å². The van der Waals surface area contributed by atoms with Crippen molar-refractivity contribution >= 4 is 26.9 Å². The molecule has 0 bridgehead atoms. The lowest BCUT2D eigenvalue weighted by atomic mass is 9.94. The lowest BCUT2D eigenvalue weighted by Gasteiger charge is -2.30. The van der Waals surface area contributed by atoms with Crippen LogP contribution in [0.5, 0.6) is 0 Å². The van der Waals surface area contributed by atoms with Crippen LogP contribution in [0.2, 0.25) is 0 Å². The summed E-state index contributed by atoms with van der Waals surface area (Å²) in [5, 5.41) is 0. The Morgan fingerprint density at radius 2 is 1.89 bits per heavy atom. The molecule has 28 heavy (non-hydrogen) atoms. The maximum absolute atomic E-state index is 11.7. The second-order valence-electron chi connectivity index (χ2n) is 7.62. The molecule has 0 atom stereocenters. The van der Waals surface area contributed by atoms with E-state index in [1.165, 1.54) is 6.26 Å². The fourth-order valence-corrected chi connectivity index (χ4v) is 4.81. The summed E-state index contributed by atoms with van der Waals surface area (Å²) in [6.07, 6.45) is 4.04. The highest BCUT2D eigenvalue weighted by Crippen LogP contribution is 2.29. The number of imidazole rings is 1. The normalized spacial score (nSPS) is 16.9. The van der Waals surface area contributed by atoms with Crippen LogP contribution in [0.3, 0.4) is 0 Å². The molecule has 1 fully saturated rings. The van der Waals surface area contributed by atoms with Crippen LogP contribution in [0.4, 0.5) is 5.82 Å². The van der Waals surface area contributed by atoms with Crippen molar-refractivity contribution in [2.24, 2.45) is 5.92 Å². The van der Waals surface area contributed by atoms with Crippen LogP contribution in [0.15, 0.2) is 0 Å². The van der Waals surface area contributed by atoms with E-state index < -0.39 is 10.0 Å². The number of hydrogen-bond donors (Lipinski definition) is 1. The summed E-state index contributed by atoms with van der Waals surface area (Å²) in [6, 6.07) is 0. The van der Waals surface area contributed by atoms with Crippen molar-refractivity contribution in [2.75, 3.05) is 31.7 Å². The quantitative estimate of drug-likeness (QED) is 0.752. The van der Waals surface area contributed by atoms with Gasteiger partial charge in [0, 0.05) is 31.9 Å². The molecule has 2 N–H and O–H groups in total. The largest absolute Gasteiger partial charge is 0.382 e. The van der Waals surface area contributed by atoms with Gasteiger partial charge in [-0.2, -0.15) is 0 Å². The number of sulfonamides is 1. The van der Waals surface area contributed by atoms with Crippen molar-refractivity contribution in [1.29, 1.82) is 0 Å². The van der Waals surface area contributed by atoms with Gasteiger partial charge in [-0.1, -0.05) is 0 Å². The van der Waals surface area contributed by atoms with E-state index in [-0.39, 0.29) is 0 Å². The van der Waals surface area contributed by atoms with Gasteiger partial charge in [-0.25, -0.2) is 22.7 Å². The fraction of sp³-hybridized carbons (Fsp3) is 0.684. The predicted octanol–water partition coefficient (Wildman–Crippen LogP) is 2.23. The van der Waals surface area contributed by atoms with E-state index in [0.29, 0.717) is 38.0 Å². The first-order chi connectivity index (χ1) is 13.2. The van der Waals surface area contributed by atoms with E-state index in [4.69, 9.17) is 15.5 Å². The molecule has 156 valence electrons. The van der Waals surface area contributed by atoms with Crippen molar-refractivity contribution in [3.63, 3.8) is 0 Å². The number of anilines is 1. The highest BCUT2D eigenvalue weighted by atomic mass is 32.2. The Bertz CT molecular complexity index is 946. The molecule has 9 heteroatoms. The van der Waals surface area contributed by atoms with Gasteiger partial charge in [0.05, 0.1) is 11.8 Å². The summed E-state index contributed by atoms with van der Waals surface area (Å²) in [6.45, 7) is 9.07. The van der Waals surface area contributed by atoms with Crippen LogP contribution in [-0.4, -0.2) is 53.2 Å². The fourth-order valence-electron chi connectivity index (χ4n) is 3.93. The molecule has 2 aromatic heterocycles. The second-order valence-corrected chi connectivity index (χ2v) is 9.60. The number of ether oxygens (including phenoxy) is 1. The van der Waals surface area contributed by atoms with Crippen LogP contribution in [0.1, 0.15) is 43.3 Å². The van der Waals surface area contributed by atoms with Gasteiger partial charge < -0.3 is 15.0 Å². The number of piperidine rings is 1. The third kappa shape index (κ3) is 4.31. The van der Waals surface area contributed by atoms with E-state index in [9.17, 15) is 8.42 Å². The molecule has 3 heterocycles. The monoisotopic (exact) mass is 409 g/mol. The molecule has 1 saturated heterocycles. The van der Waals surface area contributed by atoms with Crippen LogP contribution in [0.25, 0.3) is 11.0 Å². The first kappa shape index (κ1) is 21.0. The highest BCUT2D eigenvalue weighted by molar-refractivity contribution is 7.88. The SMILES string of the molecule is CCOCc1nc2c(N)nc(C)c(C)c2n1CCC1CCN(S(C)(=O)=O)CC1. The van der Waals surface area contributed by atoms with Gasteiger partial charge in [-0.05, 0) is 51.5 Å². The van der Waals surface area contributed by atoms with Crippen LogP contribution in [-0.2, 0) is 27.9 Å². The number of hydrogen-bond acceptors (Lipinski definition) is 6. The lowest BCUT2D eigenvalue weighted by molar-refractivity contribution is 0.125. The Balaban J connectivity index is 1.82. The Kier molecular flexibility index (Phi) is 6.26. The number of pyridine rings is 1. The number of rotatable bonds is 7. The van der Waals surface area contributed by atoms with E-state index >= 15 is 0 Å². The smallest absolute Gasteiger partial charge is 0.211 e. The second kappa shape index (κ2) is 8.34. The topological polar surface area (TPSA) is 103 Å². The predicted molar refractivity (Wildman–Crippen MR) is 111 cm³/mol. The molecule has 0 saturated carbocycles. The standard InChI is InChI=1S/C19H31N5O3S/c1-5-27-12-16-22-17-18(13(2)14(3)21-19(17)20)24(16)11-8-15-6-9-23(10-7-15)28(4,25)26/h15H,5-12H2,1-4H3,(H2,20,21). The maximum Gasteiger partial charge on any atom is 0.211 e. The number of aryl methyl sites for hydroxylation is 3. The third-order valence-electron chi connectivity index (χ3n) is 5.71. The molecular formula is C19H31N5O3S. The van der Waals surface area contributed by atoms with E-state index in [1.807, 2.05) is 13.8 Å². The maximum atomic E-state index is 11.7. The number of nitrogens with zero attached hydrogens (tertiary/aromatic N) is 4. The molecule has 0 aromatic carbocycles. The first-order valence-electron chi connectivity index (χ1n) is 9.87. The van der Waals surface area contributed by atoms with Crippen LogP contribution in [0, 0.1) is 19.8 Å². The van der Waals surface area contributed by atoms with Gasteiger partial charge in [-0.15, -0.1) is 0 Å². The summed E-state index contributed by atoms with van der Waals surface area (Å²) >= 11 is 0. The minimum Gasteiger partial charge on any atom is -0.382 e. The zero-order valence-corrected chi connectivity index (χ0v) is 18.0. The Morgan fingerprint density at radius 1 is 1.21 bits per heavy atom. The van der Waals surface area contributed by atoms with E-state index in [0.717, 1.165) is 53.9 Å². The summed E-state index contributed by atoms with van der Waals surface area (Å²) in [5.41, 5.74) is 9.92. The Labute approximate surface area is 167 Å². The highest BCUT2D eigenvalue weighted by Gasteiger charge is 2.25. The number of nitrogens with two attached hydrogens (primary N) is 1. The molecule has 8 nitrogen and oxygen atoms in total. The van der Waals surface area contributed by atoms with Gasteiger partial charge in [0.25, 0.3) is 0 Å². The molecule has 0 unspecified atom stereocenters. The Morgan fingerprint density at radius 3 is 2.50 bits per heavy atom. The van der Waals surface area contributed by atoms with Crippen molar-refractivity contribution in [3.05, 3.63) is 17.1 Å². The average molecular weight is 410 g/mol. The number of aromatic nitrogens is 3. The minimum atomic E-state index is -3.09. The van der Waals surface area contributed by atoms with Crippen LogP contribution < -0.4 is 5.73 Å². The molecule has 3 rings (SSSR count).